The molecule has 0 aromatic carbocycles. The number of rotatable bonds is 1. The van der Waals surface area contributed by atoms with Crippen molar-refractivity contribution in [2.45, 2.75) is 13.0 Å². The predicted octanol–water partition coefficient (Wildman–Crippen LogP) is -1.14. The maximum Gasteiger partial charge on any atom is 0.325 e. The first kappa shape index (κ1) is 8.70. The van der Waals surface area contributed by atoms with Gasteiger partial charge >= 0.3 is 5.97 Å². The van der Waals surface area contributed by atoms with Crippen LogP contribution in [-0.4, -0.2) is 30.8 Å². The lowest BCUT2D eigenvalue weighted by Gasteiger charge is -2.01. The number of amides is 1. The Balaban J connectivity index is 2.84. The Bertz CT molecular complexity index is 240. The van der Waals surface area contributed by atoms with Crippen LogP contribution >= 0.6 is 0 Å². The van der Waals surface area contributed by atoms with E-state index >= 15 is 0 Å². The van der Waals surface area contributed by atoms with Crippen LogP contribution in [0.5, 0.6) is 0 Å². The van der Waals surface area contributed by atoms with Gasteiger partial charge in [-0.05, 0) is 6.92 Å². The maximum absolute atomic E-state index is 11.1. The van der Waals surface area contributed by atoms with Gasteiger partial charge < -0.3 is 10.1 Å². The molecule has 5 heteroatoms. The summed E-state index contributed by atoms with van der Waals surface area (Å²) in [6.45, 7) is 1.53. The molecule has 1 N–H and O–H groups in total. The number of methoxy groups -OCH3 is 1. The Kier molecular flexibility index (Phi) is 2.12. The molecule has 5 nitrogen and oxygen atoms in total. The molecule has 2 atom stereocenters. The van der Waals surface area contributed by atoms with Gasteiger partial charge in [-0.1, -0.05) is 0 Å². The molecule has 0 aromatic heterocycles. The van der Waals surface area contributed by atoms with Crippen molar-refractivity contribution in [1.29, 1.82) is 0 Å². The second-order valence-corrected chi connectivity index (χ2v) is 2.59. The fourth-order valence-corrected chi connectivity index (χ4v) is 1.09. The minimum Gasteiger partial charge on any atom is -0.468 e. The van der Waals surface area contributed by atoms with Crippen molar-refractivity contribution >= 4 is 17.7 Å². The van der Waals surface area contributed by atoms with Crippen LogP contribution in [0.1, 0.15) is 6.92 Å². The fraction of sp³-hybridized carbons (Fsp3) is 0.571. The summed E-state index contributed by atoms with van der Waals surface area (Å²) in [5.74, 6) is -3.04. The molecule has 1 amide bonds. The van der Waals surface area contributed by atoms with Crippen molar-refractivity contribution in [2.24, 2.45) is 5.92 Å². The number of carbonyl (C=O) groups excluding carboxylic acids is 3. The zero-order chi connectivity index (χ0) is 9.30. The standard InChI is InChI=1S/C7H9NO4/c1-3-5(9)4(6(10)8-3)7(11)12-2/h3-4H,1-2H3,(H,8,10). The number of nitrogens with one attached hydrogen (secondary N) is 1. The zero-order valence-corrected chi connectivity index (χ0v) is 6.79. The molecule has 1 heterocycles. The van der Waals surface area contributed by atoms with Crippen LogP contribution in [0.15, 0.2) is 0 Å². The average molecular weight is 171 g/mol. The molecule has 0 spiro atoms. The second kappa shape index (κ2) is 2.92. The normalized spacial score (nSPS) is 28.5. The van der Waals surface area contributed by atoms with E-state index in [-0.39, 0.29) is 0 Å². The highest BCUT2D eigenvalue weighted by Gasteiger charge is 2.44. The van der Waals surface area contributed by atoms with Crippen LogP contribution < -0.4 is 5.32 Å². The van der Waals surface area contributed by atoms with Gasteiger partial charge in [-0.25, -0.2) is 0 Å². The fourth-order valence-electron chi connectivity index (χ4n) is 1.09. The molecule has 0 bridgehead atoms. The number of hydrogen-bond donors (Lipinski definition) is 1. The second-order valence-electron chi connectivity index (χ2n) is 2.59. The molecule has 1 aliphatic heterocycles. The Hall–Kier alpha value is -1.39. The topological polar surface area (TPSA) is 72.5 Å². The molecule has 1 saturated heterocycles. The lowest BCUT2D eigenvalue weighted by molar-refractivity contribution is -0.151. The molecule has 0 saturated carbocycles. The molecule has 1 aliphatic rings. The molecule has 0 radical (unpaired) electrons. The quantitative estimate of drug-likeness (QED) is 0.400. The van der Waals surface area contributed by atoms with Gasteiger partial charge in [0.05, 0.1) is 13.2 Å². The SMILES string of the molecule is COC(=O)C1C(=O)NC(C)C1=O. The molecule has 66 valence electrons. The third kappa shape index (κ3) is 1.17. The van der Waals surface area contributed by atoms with E-state index in [0.29, 0.717) is 0 Å². The lowest BCUT2D eigenvalue weighted by Crippen LogP contribution is -2.28. The number of esters is 1. The summed E-state index contributed by atoms with van der Waals surface area (Å²) in [6.07, 6.45) is 0. The summed E-state index contributed by atoms with van der Waals surface area (Å²) < 4.78 is 4.30. The van der Waals surface area contributed by atoms with E-state index in [1.165, 1.54) is 6.92 Å². The van der Waals surface area contributed by atoms with Crippen LogP contribution in [0.3, 0.4) is 0 Å². The third-order valence-electron chi connectivity index (χ3n) is 1.77. The van der Waals surface area contributed by atoms with Gasteiger partial charge in [-0.3, -0.25) is 14.4 Å². The van der Waals surface area contributed by atoms with E-state index in [1.54, 1.807) is 0 Å². The molecule has 1 fully saturated rings. The van der Waals surface area contributed by atoms with Crippen molar-refractivity contribution in [3.8, 4) is 0 Å². The first-order valence-corrected chi connectivity index (χ1v) is 3.50. The van der Waals surface area contributed by atoms with E-state index < -0.39 is 29.6 Å². The number of hydrogen-bond acceptors (Lipinski definition) is 4. The van der Waals surface area contributed by atoms with Gasteiger partial charge in [-0.15, -0.1) is 0 Å². The van der Waals surface area contributed by atoms with E-state index in [1.807, 2.05) is 0 Å². The van der Waals surface area contributed by atoms with Crippen LogP contribution in [0.4, 0.5) is 0 Å². The van der Waals surface area contributed by atoms with Gasteiger partial charge in [-0.2, -0.15) is 0 Å². The lowest BCUT2D eigenvalue weighted by atomic mass is 10.0. The summed E-state index contributed by atoms with van der Waals surface area (Å²) >= 11 is 0. The summed E-state index contributed by atoms with van der Waals surface area (Å²) in [5, 5.41) is 2.34. The van der Waals surface area contributed by atoms with Crippen LogP contribution in [0.2, 0.25) is 0 Å². The highest BCUT2D eigenvalue weighted by molar-refractivity contribution is 6.22. The minimum absolute atomic E-state index is 0.424. The number of carbonyl (C=O) groups is 3. The summed E-state index contributed by atoms with van der Waals surface area (Å²) in [5.41, 5.74) is 0. The minimum atomic E-state index is -1.26. The maximum atomic E-state index is 11.1. The van der Waals surface area contributed by atoms with E-state index in [4.69, 9.17) is 0 Å². The molecule has 0 aliphatic carbocycles. The van der Waals surface area contributed by atoms with Gasteiger partial charge in [0.2, 0.25) is 5.91 Å². The molecule has 2 unspecified atom stereocenters. The highest BCUT2D eigenvalue weighted by Crippen LogP contribution is 2.12. The molecular formula is C7H9NO4. The molecular weight excluding hydrogens is 162 g/mol. The molecule has 12 heavy (non-hydrogen) atoms. The van der Waals surface area contributed by atoms with Gasteiger partial charge in [0, 0.05) is 0 Å². The zero-order valence-electron chi connectivity index (χ0n) is 6.79. The summed E-state index contributed by atoms with van der Waals surface area (Å²) in [6, 6.07) is -0.582. The first-order chi connectivity index (χ1) is 5.57. The molecule has 1 rings (SSSR count). The van der Waals surface area contributed by atoms with Crippen molar-refractivity contribution in [2.75, 3.05) is 7.11 Å². The molecule has 0 aromatic rings. The monoisotopic (exact) mass is 171 g/mol. The van der Waals surface area contributed by atoms with Crippen molar-refractivity contribution < 1.29 is 19.1 Å². The van der Waals surface area contributed by atoms with Crippen molar-refractivity contribution in [3.05, 3.63) is 0 Å². The Morgan fingerprint density at radius 3 is 2.42 bits per heavy atom. The number of ether oxygens (including phenoxy) is 1. The number of ketones is 1. The van der Waals surface area contributed by atoms with Crippen LogP contribution in [-0.2, 0) is 19.1 Å². The van der Waals surface area contributed by atoms with Gasteiger partial charge in [0.1, 0.15) is 0 Å². The largest absolute Gasteiger partial charge is 0.468 e. The summed E-state index contributed by atoms with van der Waals surface area (Å²) in [4.78, 5) is 33.0. The van der Waals surface area contributed by atoms with Gasteiger partial charge in [0.25, 0.3) is 0 Å². The Morgan fingerprint density at radius 1 is 1.50 bits per heavy atom. The number of Topliss-reactive ketones (excluding diaryl/α,β-unsaturated/α-hetero) is 1. The third-order valence-corrected chi connectivity index (χ3v) is 1.77. The Labute approximate surface area is 69.1 Å². The Morgan fingerprint density at radius 2 is 2.08 bits per heavy atom. The predicted molar refractivity (Wildman–Crippen MR) is 38.1 cm³/mol. The van der Waals surface area contributed by atoms with Crippen molar-refractivity contribution in [3.63, 3.8) is 0 Å². The summed E-state index contributed by atoms with van der Waals surface area (Å²) in [7, 11) is 1.14. The average Bonchev–Trinajstić information content (AvgIpc) is 2.26. The van der Waals surface area contributed by atoms with Crippen LogP contribution in [0, 0.1) is 5.92 Å². The van der Waals surface area contributed by atoms with E-state index in [2.05, 4.69) is 10.1 Å². The highest BCUT2D eigenvalue weighted by atomic mass is 16.5. The van der Waals surface area contributed by atoms with Crippen molar-refractivity contribution in [1.82, 2.24) is 5.32 Å². The van der Waals surface area contributed by atoms with E-state index in [0.717, 1.165) is 7.11 Å². The first-order valence-electron chi connectivity index (χ1n) is 3.50. The van der Waals surface area contributed by atoms with E-state index in [9.17, 15) is 14.4 Å². The van der Waals surface area contributed by atoms with Crippen LogP contribution in [0.25, 0.3) is 0 Å². The smallest absolute Gasteiger partial charge is 0.325 e. The van der Waals surface area contributed by atoms with Gasteiger partial charge in [0.15, 0.2) is 11.7 Å².